The molecule has 0 unspecified atom stereocenters. The number of hydrogen-bond donors (Lipinski definition) is 0. The molecular weight excluding hydrogens is 448 g/mol. The van der Waals surface area contributed by atoms with Crippen molar-refractivity contribution in [2.24, 2.45) is 4.99 Å². The van der Waals surface area contributed by atoms with E-state index in [0.717, 1.165) is 74.0 Å². The number of halogens is 1. The van der Waals surface area contributed by atoms with E-state index in [2.05, 4.69) is 18.2 Å². The summed E-state index contributed by atoms with van der Waals surface area (Å²) in [6.45, 7) is 6.39. The molecule has 0 radical (unpaired) electrons. The molecule has 0 bridgehead atoms. The first kappa shape index (κ1) is 26.2. The van der Waals surface area contributed by atoms with Crippen molar-refractivity contribution in [2.45, 2.75) is 71.6 Å². The van der Waals surface area contributed by atoms with E-state index in [1.165, 1.54) is 6.42 Å². The van der Waals surface area contributed by atoms with Crippen LogP contribution in [0, 0.1) is 13.8 Å². The number of carbonyl (C=O) groups is 2. The van der Waals surface area contributed by atoms with E-state index in [4.69, 9.17) is 21.3 Å². The van der Waals surface area contributed by atoms with Crippen LogP contribution in [0.1, 0.15) is 78.4 Å². The van der Waals surface area contributed by atoms with Crippen molar-refractivity contribution >= 4 is 29.2 Å². The van der Waals surface area contributed by atoms with Gasteiger partial charge in [0.15, 0.2) is 0 Å². The van der Waals surface area contributed by atoms with Crippen LogP contribution in [-0.2, 0) is 16.0 Å². The summed E-state index contributed by atoms with van der Waals surface area (Å²) in [5.74, 6) is -0.166. The van der Waals surface area contributed by atoms with Crippen LogP contribution in [0.15, 0.2) is 35.4 Å². The number of piperidine rings is 1. The number of esters is 1. The van der Waals surface area contributed by atoms with Crippen molar-refractivity contribution in [3.63, 3.8) is 0 Å². The van der Waals surface area contributed by atoms with Crippen molar-refractivity contribution < 1.29 is 14.3 Å². The zero-order chi connectivity index (χ0) is 24.3. The highest BCUT2D eigenvalue weighted by Gasteiger charge is 2.22. The summed E-state index contributed by atoms with van der Waals surface area (Å²) in [5.41, 5.74) is 3.90. The summed E-state index contributed by atoms with van der Waals surface area (Å²) >= 11 is 6.72. The zero-order valence-corrected chi connectivity index (χ0v) is 21.3. The molecule has 6 heteroatoms. The Labute approximate surface area is 208 Å². The average Bonchev–Trinajstić information content (AvgIpc) is 2.83. The monoisotopic (exact) mass is 484 g/mol. The highest BCUT2D eigenvalue weighted by Crippen LogP contribution is 2.29. The number of benzene rings is 1. The van der Waals surface area contributed by atoms with Crippen LogP contribution in [0.3, 0.4) is 0 Å². The standard InChI is InChI=1S/C28H37ClN2O3/c1-21-19-22(2)27(29)24-20-23(30-15-14-25(32)31-16-10-8-11-17-31)13-9-6-4-3-5-7-12-18-34-28(33)26(21)24/h3,5,9,13,19H,4,6-8,10-12,14-18,20H2,1-2H3/b5-3+,13-9+,30-23-. The smallest absolute Gasteiger partial charge is 0.338 e. The number of hydrogen-bond acceptors (Lipinski definition) is 4. The number of amides is 1. The van der Waals surface area contributed by atoms with Gasteiger partial charge < -0.3 is 9.64 Å². The summed E-state index contributed by atoms with van der Waals surface area (Å²) in [6, 6.07) is 1.93. The van der Waals surface area contributed by atoms with E-state index < -0.39 is 0 Å². The lowest BCUT2D eigenvalue weighted by Gasteiger charge is -2.26. The van der Waals surface area contributed by atoms with Crippen molar-refractivity contribution in [1.29, 1.82) is 0 Å². The molecule has 2 aliphatic rings. The molecular formula is C28H37ClN2O3. The zero-order valence-electron chi connectivity index (χ0n) is 20.6. The number of likely N-dealkylation sites (tertiary alicyclic amines) is 1. The first-order valence-electron chi connectivity index (χ1n) is 12.6. The summed E-state index contributed by atoms with van der Waals surface area (Å²) < 4.78 is 5.60. The minimum absolute atomic E-state index is 0.170. The molecule has 34 heavy (non-hydrogen) atoms. The van der Waals surface area contributed by atoms with Crippen LogP contribution < -0.4 is 0 Å². The molecule has 0 saturated carbocycles. The molecule has 5 nitrogen and oxygen atoms in total. The normalized spacial score (nSPS) is 21.2. The highest BCUT2D eigenvalue weighted by atomic mass is 35.5. The third kappa shape index (κ3) is 7.56. The maximum atomic E-state index is 13.0. The van der Waals surface area contributed by atoms with Crippen molar-refractivity contribution in [2.75, 3.05) is 26.2 Å². The Hall–Kier alpha value is -2.40. The van der Waals surface area contributed by atoms with Gasteiger partial charge in [-0.1, -0.05) is 35.9 Å². The summed E-state index contributed by atoms with van der Waals surface area (Å²) in [6.07, 6.45) is 16.2. The van der Waals surface area contributed by atoms with E-state index >= 15 is 0 Å². The van der Waals surface area contributed by atoms with Gasteiger partial charge in [-0.3, -0.25) is 9.79 Å². The van der Waals surface area contributed by atoms with Crippen LogP contribution in [0.5, 0.6) is 0 Å². The van der Waals surface area contributed by atoms with E-state index in [9.17, 15) is 9.59 Å². The molecule has 0 atom stereocenters. The lowest BCUT2D eigenvalue weighted by atomic mass is 9.94. The van der Waals surface area contributed by atoms with Crippen LogP contribution >= 0.6 is 11.6 Å². The molecule has 1 aromatic carbocycles. The van der Waals surface area contributed by atoms with Gasteiger partial charge in [-0.2, -0.15) is 0 Å². The van der Waals surface area contributed by atoms with Crippen molar-refractivity contribution in [1.82, 2.24) is 4.90 Å². The molecule has 1 aromatic rings. The van der Waals surface area contributed by atoms with E-state index in [1.54, 1.807) is 0 Å². The van der Waals surface area contributed by atoms with Crippen molar-refractivity contribution in [3.8, 4) is 0 Å². The fraction of sp³-hybridized carbons (Fsp3) is 0.536. The van der Waals surface area contributed by atoms with E-state index in [1.807, 2.05) is 30.9 Å². The number of fused-ring (bicyclic) bond motifs is 1. The predicted molar refractivity (Wildman–Crippen MR) is 139 cm³/mol. The number of aliphatic imine (C=N–C) groups is 1. The third-order valence-electron chi connectivity index (χ3n) is 6.38. The Balaban J connectivity index is 1.86. The molecule has 1 saturated heterocycles. The fourth-order valence-corrected chi connectivity index (χ4v) is 4.74. The van der Waals surface area contributed by atoms with Crippen molar-refractivity contribution in [3.05, 3.63) is 57.6 Å². The molecule has 1 fully saturated rings. The first-order chi connectivity index (χ1) is 16.5. The van der Waals surface area contributed by atoms with Gasteiger partial charge in [0.05, 0.1) is 12.2 Å². The van der Waals surface area contributed by atoms with E-state index in [0.29, 0.717) is 36.6 Å². The molecule has 0 aromatic heterocycles. The van der Waals surface area contributed by atoms with Gasteiger partial charge in [0, 0.05) is 43.2 Å². The van der Waals surface area contributed by atoms with Gasteiger partial charge in [-0.25, -0.2) is 4.79 Å². The number of nitrogens with zero attached hydrogens (tertiary/aromatic N) is 2. The molecule has 0 spiro atoms. The topological polar surface area (TPSA) is 59.0 Å². The van der Waals surface area contributed by atoms with Crippen LogP contribution in [0.25, 0.3) is 0 Å². The highest BCUT2D eigenvalue weighted by molar-refractivity contribution is 6.33. The van der Waals surface area contributed by atoms with Gasteiger partial charge in [0.2, 0.25) is 5.91 Å². The largest absolute Gasteiger partial charge is 0.462 e. The molecule has 0 aliphatic carbocycles. The first-order valence-corrected chi connectivity index (χ1v) is 12.9. The Bertz CT molecular complexity index is 959. The Morgan fingerprint density at radius 1 is 1.03 bits per heavy atom. The van der Waals surface area contributed by atoms with Gasteiger partial charge in [-0.05, 0) is 81.6 Å². The number of cyclic esters (lactones) is 1. The molecule has 184 valence electrons. The number of carbonyl (C=O) groups excluding carboxylic acids is 2. The number of allylic oxidation sites excluding steroid dienone is 4. The SMILES string of the molecule is Cc1cc(C)c2c(c1Cl)CC(=N\CCC(=O)N1CCCCC1)/C=C/CC/C=C/CCCOC2=O. The summed E-state index contributed by atoms with van der Waals surface area (Å²) in [7, 11) is 0. The van der Waals surface area contributed by atoms with Gasteiger partial charge in [-0.15, -0.1) is 0 Å². The molecule has 1 amide bonds. The number of rotatable bonds is 3. The Kier molecular flexibility index (Phi) is 10.4. The molecule has 2 aliphatic heterocycles. The fourth-order valence-electron chi connectivity index (χ4n) is 4.53. The minimum Gasteiger partial charge on any atom is -0.462 e. The molecule has 2 heterocycles. The Morgan fingerprint density at radius 3 is 2.56 bits per heavy atom. The second kappa shape index (κ2) is 13.5. The summed E-state index contributed by atoms with van der Waals surface area (Å²) in [5, 5.41) is 0.578. The molecule has 3 rings (SSSR count). The van der Waals surface area contributed by atoms with Crippen LogP contribution in [-0.4, -0.2) is 48.7 Å². The van der Waals surface area contributed by atoms with Crippen LogP contribution in [0.4, 0.5) is 0 Å². The maximum Gasteiger partial charge on any atom is 0.338 e. The van der Waals surface area contributed by atoms with Crippen LogP contribution in [0.2, 0.25) is 5.02 Å². The third-order valence-corrected chi connectivity index (χ3v) is 6.90. The van der Waals surface area contributed by atoms with Gasteiger partial charge >= 0.3 is 5.97 Å². The summed E-state index contributed by atoms with van der Waals surface area (Å²) in [4.78, 5) is 32.3. The van der Waals surface area contributed by atoms with E-state index in [-0.39, 0.29) is 11.9 Å². The second-order valence-corrected chi connectivity index (χ2v) is 9.53. The minimum atomic E-state index is -0.336. The average molecular weight is 485 g/mol. The predicted octanol–water partition coefficient (Wildman–Crippen LogP) is 6.19. The lowest BCUT2D eigenvalue weighted by molar-refractivity contribution is -0.131. The Morgan fingerprint density at radius 2 is 1.76 bits per heavy atom. The lowest BCUT2D eigenvalue weighted by Crippen LogP contribution is -2.35. The second-order valence-electron chi connectivity index (χ2n) is 9.15. The quantitative estimate of drug-likeness (QED) is 0.380. The van der Waals surface area contributed by atoms with Gasteiger partial charge in [0.25, 0.3) is 0 Å². The molecule has 0 N–H and O–H groups in total. The number of ether oxygens (including phenoxy) is 1. The maximum absolute atomic E-state index is 13.0. The number of aryl methyl sites for hydroxylation is 2. The van der Waals surface area contributed by atoms with Gasteiger partial charge in [0.1, 0.15) is 0 Å².